The molecule has 0 aromatic heterocycles. The fourth-order valence-corrected chi connectivity index (χ4v) is 2.78. The molecule has 1 aromatic carbocycles. The predicted molar refractivity (Wildman–Crippen MR) is 76.9 cm³/mol. The number of halogens is 1. The smallest absolute Gasteiger partial charge is 0.125 e. The standard InChI is InChI=1S/C16H24FNO/c1-2-13-5-3-8-16(11-13)19-10-9-18-15-7-4-6-14(17)12-15/h4,6-7,12-13,16,18H,2-3,5,8-11H2,1H3. The molecule has 106 valence electrons. The molecule has 0 spiro atoms. The molecule has 2 nitrogen and oxygen atoms in total. The Morgan fingerprint density at radius 2 is 2.26 bits per heavy atom. The predicted octanol–water partition coefficient (Wildman–Crippen LogP) is 4.22. The largest absolute Gasteiger partial charge is 0.383 e. The topological polar surface area (TPSA) is 21.3 Å². The molecule has 3 heteroatoms. The van der Waals surface area contributed by atoms with Gasteiger partial charge in [0.2, 0.25) is 0 Å². The molecule has 2 atom stereocenters. The van der Waals surface area contributed by atoms with E-state index in [1.165, 1.54) is 44.2 Å². The lowest BCUT2D eigenvalue weighted by Gasteiger charge is -2.28. The number of hydrogen-bond acceptors (Lipinski definition) is 2. The first-order valence-electron chi connectivity index (χ1n) is 7.39. The van der Waals surface area contributed by atoms with Gasteiger partial charge >= 0.3 is 0 Å². The second-order valence-corrected chi connectivity index (χ2v) is 5.37. The first-order chi connectivity index (χ1) is 9.28. The van der Waals surface area contributed by atoms with Crippen LogP contribution in [-0.2, 0) is 4.74 Å². The van der Waals surface area contributed by atoms with Crippen LogP contribution < -0.4 is 5.32 Å². The van der Waals surface area contributed by atoms with Gasteiger partial charge in [-0.15, -0.1) is 0 Å². The van der Waals surface area contributed by atoms with Crippen LogP contribution in [0, 0.1) is 11.7 Å². The van der Waals surface area contributed by atoms with Gasteiger partial charge in [-0.1, -0.05) is 32.3 Å². The fraction of sp³-hybridized carbons (Fsp3) is 0.625. The Hall–Kier alpha value is -1.09. The molecule has 2 rings (SSSR count). The Kier molecular flexibility index (Phi) is 5.64. The lowest BCUT2D eigenvalue weighted by molar-refractivity contribution is 0.0181. The van der Waals surface area contributed by atoms with E-state index in [9.17, 15) is 4.39 Å². The van der Waals surface area contributed by atoms with E-state index in [0.29, 0.717) is 12.7 Å². The molecular formula is C16H24FNO. The molecule has 1 aliphatic rings. The zero-order valence-electron chi connectivity index (χ0n) is 11.7. The zero-order chi connectivity index (χ0) is 13.5. The second kappa shape index (κ2) is 7.49. The van der Waals surface area contributed by atoms with Crippen molar-refractivity contribution in [2.75, 3.05) is 18.5 Å². The average molecular weight is 265 g/mol. The monoisotopic (exact) mass is 265 g/mol. The van der Waals surface area contributed by atoms with Crippen LogP contribution in [0.5, 0.6) is 0 Å². The van der Waals surface area contributed by atoms with Crippen molar-refractivity contribution in [3.05, 3.63) is 30.1 Å². The molecule has 1 aromatic rings. The van der Waals surface area contributed by atoms with Crippen molar-refractivity contribution in [2.45, 2.75) is 45.1 Å². The van der Waals surface area contributed by atoms with E-state index in [2.05, 4.69) is 12.2 Å². The van der Waals surface area contributed by atoms with Gasteiger partial charge < -0.3 is 10.1 Å². The Morgan fingerprint density at radius 1 is 1.37 bits per heavy atom. The first-order valence-corrected chi connectivity index (χ1v) is 7.39. The summed E-state index contributed by atoms with van der Waals surface area (Å²) in [7, 11) is 0. The number of nitrogens with one attached hydrogen (secondary N) is 1. The first kappa shape index (κ1) is 14.3. The lowest BCUT2D eigenvalue weighted by Crippen LogP contribution is -2.24. The molecule has 19 heavy (non-hydrogen) atoms. The molecule has 1 saturated carbocycles. The van der Waals surface area contributed by atoms with Crippen molar-refractivity contribution in [1.82, 2.24) is 0 Å². The summed E-state index contributed by atoms with van der Waals surface area (Å²) >= 11 is 0. The van der Waals surface area contributed by atoms with E-state index >= 15 is 0 Å². The lowest BCUT2D eigenvalue weighted by atomic mass is 9.85. The van der Waals surface area contributed by atoms with Gasteiger partial charge in [0.15, 0.2) is 0 Å². The minimum atomic E-state index is -0.205. The molecule has 0 radical (unpaired) electrons. The average Bonchev–Trinajstić information content (AvgIpc) is 2.44. The zero-order valence-corrected chi connectivity index (χ0v) is 11.7. The summed E-state index contributed by atoms with van der Waals surface area (Å²) in [5, 5.41) is 3.19. The summed E-state index contributed by atoms with van der Waals surface area (Å²) < 4.78 is 18.9. The highest BCUT2D eigenvalue weighted by Gasteiger charge is 2.20. The summed E-state index contributed by atoms with van der Waals surface area (Å²) in [5.41, 5.74) is 0.818. The highest BCUT2D eigenvalue weighted by Crippen LogP contribution is 2.28. The summed E-state index contributed by atoms with van der Waals surface area (Å²) in [5.74, 6) is 0.638. The maximum atomic E-state index is 13.0. The van der Waals surface area contributed by atoms with Gasteiger partial charge in [0.1, 0.15) is 5.82 Å². The van der Waals surface area contributed by atoms with Crippen molar-refractivity contribution >= 4 is 5.69 Å². The van der Waals surface area contributed by atoms with Crippen LogP contribution >= 0.6 is 0 Å². The molecule has 2 unspecified atom stereocenters. The maximum absolute atomic E-state index is 13.0. The molecule has 0 aliphatic heterocycles. The van der Waals surface area contributed by atoms with Crippen molar-refractivity contribution < 1.29 is 9.13 Å². The van der Waals surface area contributed by atoms with Gasteiger partial charge in [0.25, 0.3) is 0 Å². The van der Waals surface area contributed by atoms with E-state index in [1.54, 1.807) is 6.07 Å². The van der Waals surface area contributed by atoms with E-state index in [4.69, 9.17) is 4.74 Å². The Balaban J connectivity index is 1.64. The third-order valence-corrected chi connectivity index (χ3v) is 3.92. The molecular weight excluding hydrogens is 241 g/mol. The minimum absolute atomic E-state index is 0.205. The number of ether oxygens (including phenoxy) is 1. The van der Waals surface area contributed by atoms with Crippen LogP contribution in [0.2, 0.25) is 0 Å². The molecule has 1 fully saturated rings. The van der Waals surface area contributed by atoms with Crippen LogP contribution in [-0.4, -0.2) is 19.3 Å². The maximum Gasteiger partial charge on any atom is 0.125 e. The number of hydrogen-bond donors (Lipinski definition) is 1. The third kappa shape index (κ3) is 4.83. The van der Waals surface area contributed by atoms with E-state index in [1.807, 2.05) is 6.07 Å². The quantitative estimate of drug-likeness (QED) is 0.777. The van der Waals surface area contributed by atoms with Crippen molar-refractivity contribution in [1.29, 1.82) is 0 Å². The Morgan fingerprint density at radius 3 is 3.05 bits per heavy atom. The van der Waals surface area contributed by atoms with Crippen LogP contribution in [0.25, 0.3) is 0 Å². The van der Waals surface area contributed by atoms with Gasteiger partial charge in [-0.05, 0) is 37.0 Å². The molecule has 0 bridgehead atoms. The fourth-order valence-electron chi connectivity index (χ4n) is 2.78. The second-order valence-electron chi connectivity index (χ2n) is 5.37. The van der Waals surface area contributed by atoms with Crippen LogP contribution in [0.15, 0.2) is 24.3 Å². The van der Waals surface area contributed by atoms with Gasteiger partial charge in [-0.3, -0.25) is 0 Å². The highest BCUT2D eigenvalue weighted by atomic mass is 19.1. The van der Waals surface area contributed by atoms with Crippen LogP contribution in [0.1, 0.15) is 39.0 Å². The number of rotatable bonds is 6. The van der Waals surface area contributed by atoms with Crippen molar-refractivity contribution in [3.63, 3.8) is 0 Å². The van der Waals surface area contributed by atoms with E-state index in [-0.39, 0.29) is 5.82 Å². The van der Waals surface area contributed by atoms with Crippen molar-refractivity contribution in [2.24, 2.45) is 5.92 Å². The van der Waals surface area contributed by atoms with Crippen molar-refractivity contribution in [3.8, 4) is 0 Å². The summed E-state index contributed by atoms with van der Waals surface area (Å²) in [6.45, 7) is 3.69. The van der Waals surface area contributed by atoms with Crippen LogP contribution in [0.3, 0.4) is 0 Å². The minimum Gasteiger partial charge on any atom is -0.383 e. The molecule has 0 amide bonds. The van der Waals surface area contributed by atoms with E-state index < -0.39 is 0 Å². The molecule has 0 saturated heterocycles. The number of anilines is 1. The molecule has 1 N–H and O–H groups in total. The van der Waals surface area contributed by atoms with Gasteiger partial charge in [-0.2, -0.15) is 0 Å². The SMILES string of the molecule is CCC1CCCC(OCCNc2cccc(F)c2)C1. The van der Waals surface area contributed by atoms with Crippen LogP contribution in [0.4, 0.5) is 10.1 Å². The highest BCUT2D eigenvalue weighted by molar-refractivity contribution is 5.42. The number of benzene rings is 1. The Labute approximate surface area is 115 Å². The third-order valence-electron chi connectivity index (χ3n) is 3.92. The normalized spacial score (nSPS) is 23.3. The Bertz CT molecular complexity index is 383. The summed E-state index contributed by atoms with van der Waals surface area (Å²) in [6, 6.07) is 6.55. The molecule has 1 aliphatic carbocycles. The summed E-state index contributed by atoms with van der Waals surface area (Å²) in [6.07, 6.45) is 6.74. The summed E-state index contributed by atoms with van der Waals surface area (Å²) in [4.78, 5) is 0. The van der Waals surface area contributed by atoms with Gasteiger partial charge in [-0.25, -0.2) is 4.39 Å². The van der Waals surface area contributed by atoms with E-state index in [0.717, 1.165) is 18.2 Å². The molecule has 0 heterocycles. The van der Waals surface area contributed by atoms with Gasteiger partial charge in [0, 0.05) is 12.2 Å². The van der Waals surface area contributed by atoms with Gasteiger partial charge in [0.05, 0.1) is 12.7 Å².